The summed E-state index contributed by atoms with van der Waals surface area (Å²) in [4.78, 5) is 17.5. The first-order valence-electron chi connectivity index (χ1n) is 6.64. The zero-order valence-corrected chi connectivity index (χ0v) is 12.5. The molecule has 1 aromatic rings. The van der Waals surface area contributed by atoms with Crippen LogP contribution >= 0.6 is 0 Å². The Morgan fingerprint density at radius 3 is 2.60 bits per heavy atom. The van der Waals surface area contributed by atoms with Crippen molar-refractivity contribution in [3.63, 3.8) is 0 Å². The molecule has 0 atom stereocenters. The molecule has 0 aliphatic rings. The maximum atomic E-state index is 11.9. The molecule has 1 heterocycles. The lowest BCUT2D eigenvalue weighted by Gasteiger charge is -2.26. The van der Waals surface area contributed by atoms with Crippen LogP contribution in [0.2, 0.25) is 0 Å². The molecular formula is C14H23N3O3. The predicted molar refractivity (Wildman–Crippen MR) is 77.6 cm³/mol. The Balaban J connectivity index is 2.41. The first-order valence-corrected chi connectivity index (χ1v) is 6.64. The van der Waals surface area contributed by atoms with E-state index >= 15 is 0 Å². The molecule has 6 nitrogen and oxygen atoms in total. The Morgan fingerprint density at radius 1 is 1.40 bits per heavy atom. The molecule has 0 unspecified atom stereocenters. The van der Waals surface area contributed by atoms with Crippen LogP contribution in [0.3, 0.4) is 0 Å². The second kappa shape index (κ2) is 6.98. The molecule has 0 aliphatic carbocycles. The molecular weight excluding hydrogens is 258 g/mol. The summed E-state index contributed by atoms with van der Waals surface area (Å²) >= 11 is 0. The highest BCUT2D eigenvalue weighted by Gasteiger charge is 2.20. The highest BCUT2D eigenvalue weighted by molar-refractivity contribution is 5.68. The molecule has 2 N–H and O–H groups in total. The van der Waals surface area contributed by atoms with Gasteiger partial charge < -0.3 is 20.1 Å². The molecule has 0 aliphatic heterocycles. The van der Waals surface area contributed by atoms with Gasteiger partial charge >= 0.3 is 6.09 Å². The standard InChI is InChI=1S/C14H23N3O3/c1-5-17(13(18)20-14(2,3)4)8-9-19-12-7-6-11(15)10-16-12/h6-7,10H,5,8-9,15H2,1-4H3. The number of aromatic nitrogens is 1. The van der Waals surface area contributed by atoms with Gasteiger partial charge in [0.1, 0.15) is 12.2 Å². The van der Waals surface area contributed by atoms with Gasteiger partial charge in [-0.05, 0) is 33.8 Å². The molecule has 0 bridgehead atoms. The fourth-order valence-electron chi connectivity index (χ4n) is 1.44. The average Bonchev–Trinajstić information content (AvgIpc) is 2.34. The van der Waals surface area contributed by atoms with Crippen molar-refractivity contribution >= 4 is 11.8 Å². The first-order chi connectivity index (χ1) is 9.31. The molecule has 6 heteroatoms. The second-order valence-corrected chi connectivity index (χ2v) is 5.34. The van der Waals surface area contributed by atoms with Crippen LogP contribution in [0.25, 0.3) is 0 Å². The third-order valence-corrected chi connectivity index (χ3v) is 2.40. The van der Waals surface area contributed by atoms with Crippen molar-refractivity contribution in [2.24, 2.45) is 0 Å². The van der Waals surface area contributed by atoms with Gasteiger partial charge in [0.15, 0.2) is 0 Å². The number of carbonyl (C=O) groups is 1. The summed E-state index contributed by atoms with van der Waals surface area (Å²) in [6.45, 7) is 8.77. The van der Waals surface area contributed by atoms with E-state index < -0.39 is 5.60 Å². The highest BCUT2D eigenvalue weighted by Crippen LogP contribution is 2.11. The summed E-state index contributed by atoms with van der Waals surface area (Å²) in [5.41, 5.74) is 5.62. The third-order valence-electron chi connectivity index (χ3n) is 2.40. The van der Waals surface area contributed by atoms with Gasteiger partial charge in [0.05, 0.1) is 18.4 Å². The van der Waals surface area contributed by atoms with E-state index in [0.717, 1.165) is 0 Å². The molecule has 112 valence electrons. The van der Waals surface area contributed by atoms with E-state index in [4.69, 9.17) is 15.2 Å². The van der Waals surface area contributed by atoms with Crippen LogP contribution < -0.4 is 10.5 Å². The Kier molecular flexibility index (Phi) is 5.61. The van der Waals surface area contributed by atoms with Crippen molar-refractivity contribution in [1.82, 2.24) is 9.88 Å². The number of amides is 1. The minimum absolute atomic E-state index is 0.339. The smallest absolute Gasteiger partial charge is 0.410 e. The van der Waals surface area contributed by atoms with E-state index in [1.165, 1.54) is 6.20 Å². The van der Waals surface area contributed by atoms with E-state index in [9.17, 15) is 4.79 Å². The lowest BCUT2D eigenvalue weighted by molar-refractivity contribution is 0.0236. The Morgan fingerprint density at radius 2 is 2.10 bits per heavy atom. The first kappa shape index (κ1) is 16.1. The normalized spacial score (nSPS) is 11.0. The van der Waals surface area contributed by atoms with E-state index in [0.29, 0.717) is 31.3 Å². The summed E-state index contributed by atoms with van der Waals surface area (Å²) < 4.78 is 10.8. The maximum absolute atomic E-state index is 11.9. The van der Waals surface area contributed by atoms with Crippen molar-refractivity contribution in [1.29, 1.82) is 0 Å². The molecule has 0 radical (unpaired) electrons. The largest absolute Gasteiger partial charge is 0.476 e. The lowest BCUT2D eigenvalue weighted by Crippen LogP contribution is -2.38. The molecule has 20 heavy (non-hydrogen) atoms. The van der Waals surface area contributed by atoms with Crippen LogP contribution in [0.15, 0.2) is 18.3 Å². The summed E-state index contributed by atoms with van der Waals surface area (Å²) in [5, 5.41) is 0. The average molecular weight is 281 g/mol. The zero-order chi connectivity index (χ0) is 15.2. The summed E-state index contributed by atoms with van der Waals surface area (Å²) in [6.07, 6.45) is 1.19. The van der Waals surface area contributed by atoms with E-state index in [-0.39, 0.29) is 6.09 Å². The topological polar surface area (TPSA) is 77.7 Å². The van der Waals surface area contributed by atoms with Gasteiger partial charge in [-0.1, -0.05) is 0 Å². The van der Waals surface area contributed by atoms with Gasteiger partial charge in [-0.3, -0.25) is 0 Å². The van der Waals surface area contributed by atoms with Crippen LogP contribution in [-0.4, -0.2) is 41.3 Å². The lowest BCUT2D eigenvalue weighted by atomic mass is 10.2. The van der Waals surface area contributed by atoms with Gasteiger partial charge in [-0.25, -0.2) is 9.78 Å². The van der Waals surface area contributed by atoms with Gasteiger partial charge in [-0.15, -0.1) is 0 Å². The molecule has 1 amide bonds. The number of rotatable bonds is 5. The van der Waals surface area contributed by atoms with Crippen LogP contribution in [0.5, 0.6) is 5.88 Å². The quantitative estimate of drug-likeness (QED) is 0.896. The van der Waals surface area contributed by atoms with Crippen molar-refractivity contribution in [2.45, 2.75) is 33.3 Å². The zero-order valence-electron chi connectivity index (χ0n) is 12.5. The van der Waals surface area contributed by atoms with Gasteiger partial charge in [0, 0.05) is 12.6 Å². The molecule has 0 aromatic carbocycles. The monoisotopic (exact) mass is 281 g/mol. The van der Waals surface area contributed by atoms with E-state index in [2.05, 4.69) is 4.98 Å². The number of pyridine rings is 1. The number of likely N-dealkylation sites (N-methyl/N-ethyl adjacent to an activating group) is 1. The van der Waals surface area contributed by atoms with Crippen molar-refractivity contribution in [2.75, 3.05) is 25.4 Å². The predicted octanol–water partition coefficient (Wildman–Crippen LogP) is 2.30. The second-order valence-electron chi connectivity index (χ2n) is 5.34. The molecule has 1 rings (SSSR count). The van der Waals surface area contributed by atoms with Gasteiger partial charge in [0.25, 0.3) is 0 Å². The minimum Gasteiger partial charge on any atom is -0.476 e. The Hall–Kier alpha value is -1.98. The number of anilines is 1. The number of ether oxygens (including phenoxy) is 2. The van der Waals surface area contributed by atoms with Gasteiger partial charge in [-0.2, -0.15) is 0 Å². The van der Waals surface area contributed by atoms with Crippen molar-refractivity contribution < 1.29 is 14.3 Å². The van der Waals surface area contributed by atoms with Crippen molar-refractivity contribution in [3.05, 3.63) is 18.3 Å². The number of hydrogen-bond donors (Lipinski definition) is 1. The Labute approximate surface area is 119 Å². The van der Waals surface area contributed by atoms with E-state index in [1.807, 2.05) is 27.7 Å². The number of nitrogen functional groups attached to an aromatic ring is 1. The molecule has 1 aromatic heterocycles. The fraction of sp³-hybridized carbons (Fsp3) is 0.571. The molecule has 0 spiro atoms. The maximum Gasteiger partial charge on any atom is 0.410 e. The molecule has 0 fully saturated rings. The minimum atomic E-state index is -0.496. The van der Waals surface area contributed by atoms with Crippen molar-refractivity contribution in [3.8, 4) is 5.88 Å². The van der Waals surface area contributed by atoms with Crippen LogP contribution in [0.1, 0.15) is 27.7 Å². The number of nitrogens with zero attached hydrogens (tertiary/aromatic N) is 2. The summed E-state index contributed by atoms with van der Waals surface area (Å²) in [6, 6.07) is 3.41. The number of carbonyl (C=O) groups excluding carboxylic acids is 1. The van der Waals surface area contributed by atoms with Crippen LogP contribution in [-0.2, 0) is 4.74 Å². The van der Waals surface area contributed by atoms with Gasteiger partial charge in [0.2, 0.25) is 5.88 Å². The van der Waals surface area contributed by atoms with E-state index in [1.54, 1.807) is 17.0 Å². The Bertz CT molecular complexity index is 426. The summed E-state index contributed by atoms with van der Waals surface area (Å²) in [7, 11) is 0. The molecule has 0 saturated carbocycles. The number of nitrogens with two attached hydrogens (primary N) is 1. The fourth-order valence-corrected chi connectivity index (χ4v) is 1.44. The highest BCUT2D eigenvalue weighted by atomic mass is 16.6. The van der Waals surface area contributed by atoms with Crippen LogP contribution in [0, 0.1) is 0 Å². The molecule has 0 saturated heterocycles. The SMILES string of the molecule is CCN(CCOc1ccc(N)cn1)C(=O)OC(C)(C)C. The third kappa shape index (κ3) is 5.77. The van der Waals surface area contributed by atoms with Crippen LogP contribution in [0.4, 0.5) is 10.5 Å². The number of hydrogen-bond acceptors (Lipinski definition) is 5. The summed E-state index contributed by atoms with van der Waals surface area (Å²) in [5.74, 6) is 0.486.